The molecule has 0 fully saturated rings. The fraction of sp³-hybridized carbons (Fsp3) is 0.859. The van der Waals surface area contributed by atoms with Crippen molar-refractivity contribution in [2.45, 2.75) is 431 Å². The molecule has 0 aliphatic rings. The van der Waals surface area contributed by atoms with E-state index in [1.165, 1.54) is 186 Å². The van der Waals surface area contributed by atoms with Gasteiger partial charge < -0.3 is 33.8 Å². The first kappa shape index (κ1) is 101. The van der Waals surface area contributed by atoms with Crippen LogP contribution in [-0.4, -0.2) is 96.7 Å². The van der Waals surface area contributed by atoms with Gasteiger partial charge in [0.1, 0.15) is 19.3 Å². The second-order valence-electron chi connectivity index (χ2n) is 29.1. The summed E-state index contributed by atoms with van der Waals surface area (Å²) in [6.45, 7) is 4.94. The highest BCUT2D eigenvalue weighted by Gasteiger charge is 2.30. The molecular weight excluding hydrogens is 1350 g/mol. The molecule has 104 heavy (non-hydrogen) atoms. The van der Waals surface area contributed by atoms with E-state index in [0.717, 1.165) is 148 Å². The number of rotatable bonds is 82. The summed E-state index contributed by atoms with van der Waals surface area (Å²) in [7, 11) is -9.94. The van der Waals surface area contributed by atoms with Gasteiger partial charge in [0.2, 0.25) is 0 Å². The van der Waals surface area contributed by atoms with Crippen LogP contribution in [0.3, 0.4) is 0 Å². The van der Waals surface area contributed by atoms with Gasteiger partial charge in [0.05, 0.1) is 26.4 Å². The second-order valence-corrected chi connectivity index (χ2v) is 32.0. The van der Waals surface area contributed by atoms with E-state index in [1.807, 2.05) is 0 Å². The number of allylic oxidation sites excluding steroid dienone is 8. The van der Waals surface area contributed by atoms with Gasteiger partial charge in [-0.3, -0.25) is 37.3 Å². The van der Waals surface area contributed by atoms with Crippen LogP contribution in [0.5, 0.6) is 0 Å². The van der Waals surface area contributed by atoms with E-state index < -0.39 is 97.5 Å². The molecule has 0 aromatic rings. The summed E-state index contributed by atoms with van der Waals surface area (Å²) in [5.74, 6) is -2.15. The lowest BCUT2D eigenvalue weighted by Crippen LogP contribution is -2.30. The van der Waals surface area contributed by atoms with Crippen LogP contribution in [0.25, 0.3) is 0 Å². The molecule has 0 rings (SSSR count). The Labute approximate surface area is 636 Å². The van der Waals surface area contributed by atoms with Crippen molar-refractivity contribution in [2.24, 2.45) is 0 Å². The van der Waals surface area contributed by atoms with Crippen molar-refractivity contribution < 1.29 is 80.2 Å². The Hall–Kier alpha value is -2.98. The fourth-order valence-corrected chi connectivity index (χ4v) is 13.8. The Balaban J connectivity index is 5.32. The molecule has 0 saturated heterocycles. The highest BCUT2D eigenvalue weighted by atomic mass is 31.2. The molecule has 0 aliphatic carbocycles. The maximum absolute atomic E-state index is 13.1. The third-order valence-electron chi connectivity index (χ3n) is 18.8. The van der Waals surface area contributed by atoms with Crippen LogP contribution in [0, 0.1) is 0 Å². The Kier molecular flexibility index (Phi) is 75.9. The monoisotopic (exact) mass is 1510 g/mol. The number of hydrogen-bond acceptors (Lipinski definition) is 15. The molecule has 0 amide bonds. The molecule has 0 saturated carbocycles. The number of ether oxygens (including phenoxy) is 4. The Morgan fingerprint density at radius 2 is 0.471 bits per heavy atom. The van der Waals surface area contributed by atoms with Crippen molar-refractivity contribution in [2.75, 3.05) is 39.6 Å². The number of aliphatic hydroxyl groups is 1. The van der Waals surface area contributed by atoms with Gasteiger partial charge in [-0.05, 0) is 89.9 Å². The summed E-state index contributed by atoms with van der Waals surface area (Å²) in [6, 6.07) is 0. The topological polar surface area (TPSA) is 237 Å². The van der Waals surface area contributed by atoms with E-state index in [0.29, 0.717) is 25.7 Å². The van der Waals surface area contributed by atoms with Gasteiger partial charge in [-0.1, -0.05) is 346 Å². The zero-order valence-electron chi connectivity index (χ0n) is 67.0. The van der Waals surface area contributed by atoms with Crippen molar-refractivity contribution in [3.05, 3.63) is 48.6 Å². The van der Waals surface area contributed by atoms with Crippen molar-refractivity contribution in [1.29, 1.82) is 0 Å². The number of carbonyl (C=O) groups is 4. The molecule has 3 N–H and O–H groups in total. The molecular formula is C85H158O17P2. The third-order valence-corrected chi connectivity index (χ3v) is 20.7. The van der Waals surface area contributed by atoms with E-state index in [1.54, 1.807) is 0 Å². The summed E-state index contributed by atoms with van der Waals surface area (Å²) >= 11 is 0. The van der Waals surface area contributed by atoms with E-state index in [-0.39, 0.29) is 25.7 Å². The minimum Gasteiger partial charge on any atom is -0.462 e. The zero-order chi connectivity index (χ0) is 76.0. The number of aliphatic hydroxyl groups excluding tert-OH is 1. The van der Waals surface area contributed by atoms with Crippen LogP contribution in [0.4, 0.5) is 0 Å². The first-order valence-electron chi connectivity index (χ1n) is 42.9. The number of phosphoric acid groups is 2. The first-order chi connectivity index (χ1) is 50.7. The molecule has 5 atom stereocenters. The van der Waals surface area contributed by atoms with Gasteiger partial charge in [0.25, 0.3) is 0 Å². The molecule has 17 nitrogen and oxygen atoms in total. The number of hydrogen-bond donors (Lipinski definition) is 3. The van der Waals surface area contributed by atoms with Gasteiger partial charge in [-0.15, -0.1) is 0 Å². The van der Waals surface area contributed by atoms with Crippen molar-refractivity contribution in [3.8, 4) is 0 Å². The van der Waals surface area contributed by atoms with Crippen LogP contribution in [0.15, 0.2) is 48.6 Å². The lowest BCUT2D eigenvalue weighted by atomic mass is 10.0. The molecule has 0 aliphatic heterocycles. The second kappa shape index (κ2) is 78.2. The van der Waals surface area contributed by atoms with Gasteiger partial charge >= 0.3 is 39.5 Å². The predicted molar refractivity (Wildman–Crippen MR) is 427 cm³/mol. The van der Waals surface area contributed by atoms with Gasteiger partial charge in [0.15, 0.2) is 12.2 Å². The van der Waals surface area contributed by atoms with E-state index in [9.17, 15) is 43.2 Å². The number of esters is 4. The largest absolute Gasteiger partial charge is 0.472 e. The fourth-order valence-electron chi connectivity index (χ4n) is 12.2. The molecule has 610 valence electrons. The number of carbonyl (C=O) groups excluding carboxylic acids is 4. The van der Waals surface area contributed by atoms with Crippen molar-refractivity contribution >= 4 is 39.5 Å². The molecule has 19 heteroatoms. The smallest absolute Gasteiger partial charge is 0.462 e. The molecule has 0 spiro atoms. The lowest BCUT2D eigenvalue weighted by molar-refractivity contribution is -0.161. The van der Waals surface area contributed by atoms with Crippen LogP contribution < -0.4 is 0 Å². The van der Waals surface area contributed by atoms with Crippen LogP contribution in [-0.2, 0) is 65.4 Å². The summed E-state index contributed by atoms with van der Waals surface area (Å²) in [5, 5.41) is 10.7. The third kappa shape index (κ3) is 77.2. The molecule has 0 bridgehead atoms. The summed E-state index contributed by atoms with van der Waals surface area (Å²) < 4.78 is 68.8. The van der Waals surface area contributed by atoms with Gasteiger partial charge in [0, 0.05) is 25.7 Å². The van der Waals surface area contributed by atoms with E-state index >= 15 is 0 Å². The molecule has 5 unspecified atom stereocenters. The van der Waals surface area contributed by atoms with Crippen LogP contribution >= 0.6 is 15.6 Å². The summed E-state index contributed by atoms with van der Waals surface area (Å²) in [5.41, 5.74) is 0. The Morgan fingerprint density at radius 3 is 0.750 bits per heavy atom. The van der Waals surface area contributed by atoms with Crippen molar-refractivity contribution in [3.63, 3.8) is 0 Å². The van der Waals surface area contributed by atoms with Gasteiger partial charge in [-0.2, -0.15) is 0 Å². The lowest BCUT2D eigenvalue weighted by Gasteiger charge is -2.21. The maximum atomic E-state index is 13.1. The van der Waals surface area contributed by atoms with Crippen LogP contribution in [0.1, 0.15) is 413 Å². The minimum atomic E-state index is -4.97. The number of unbranched alkanes of at least 4 members (excludes halogenated alkanes) is 48. The SMILES string of the molecule is CCCCC/C=C\C/C=C\C/C=C\CCCCCCCCC(=O)OCC(COP(=O)(O)OCC(O)COP(=O)(O)OCC(COC(=O)CCCCCCC/C=C\CCCCCCCC)OC(=O)CCCCCCCCCCCCCCCCC)OC(=O)CCCCCCCCCCCCCCCCC. The zero-order valence-corrected chi connectivity index (χ0v) is 68.8. The average molecular weight is 1510 g/mol. The van der Waals surface area contributed by atoms with E-state index in [4.69, 9.17) is 37.0 Å². The predicted octanol–water partition coefficient (Wildman–Crippen LogP) is 25.2. The Morgan fingerprint density at radius 1 is 0.269 bits per heavy atom. The van der Waals surface area contributed by atoms with Crippen LogP contribution in [0.2, 0.25) is 0 Å². The minimum absolute atomic E-state index is 0.0999. The Bertz CT molecular complexity index is 2150. The standard InChI is InChI=1S/C85H158O17P2/c1-5-9-13-17-21-25-29-33-37-38-39-40-44-46-50-54-58-62-66-70-83(88)96-76-81(102-85(90)72-68-64-60-56-52-48-43-36-32-28-24-20-16-12-8-4)78-100-104(93,94)98-74-79(86)73-97-103(91,92)99-77-80(101-84(89)71-67-63-59-55-51-47-42-35-31-27-23-19-15-11-7-3)75-95-82(87)69-65-61-57-53-49-45-41-34-30-26-22-18-14-10-6-2/h21,25,33-34,37,39-41,79-81,86H,5-20,22-24,26-32,35-36,38,42-78H2,1-4H3,(H,91,92)(H,93,94)/b25-21-,37-33-,40-39-,41-34-. The number of phosphoric ester groups is 2. The summed E-state index contributed by atoms with van der Waals surface area (Å²) in [4.78, 5) is 73.2. The van der Waals surface area contributed by atoms with Gasteiger partial charge in [-0.25, -0.2) is 9.13 Å². The highest BCUT2D eigenvalue weighted by molar-refractivity contribution is 7.47. The molecule has 0 radical (unpaired) electrons. The normalized spacial score (nSPS) is 14.0. The molecule has 0 aromatic heterocycles. The summed E-state index contributed by atoms with van der Waals surface area (Å²) in [6.07, 6.45) is 77.8. The van der Waals surface area contributed by atoms with E-state index in [2.05, 4.69) is 76.3 Å². The average Bonchev–Trinajstić information content (AvgIpc) is 0.918. The van der Waals surface area contributed by atoms with Crippen molar-refractivity contribution in [1.82, 2.24) is 0 Å². The first-order valence-corrected chi connectivity index (χ1v) is 45.9. The quantitative estimate of drug-likeness (QED) is 0.0169. The highest BCUT2D eigenvalue weighted by Crippen LogP contribution is 2.45. The molecule has 0 heterocycles. The molecule has 0 aromatic carbocycles. The maximum Gasteiger partial charge on any atom is 0.472 e.